The summed E-state index contributed by atoms with van der Waals surface area (Å²) in [6.45, 7) is 0. The fourth-order valence-corrected chi connectivity index (χ4v) is 2.97. The van der Waals surface area contributed by atoms with Crippen LogP contribution in [0.3, 0.4) is 0 Å². The van der Waals surface area contributed by atoms with Crippen LogP contribution in [-0.4, -0.2) is 9.98 Å². The van der Waals surface area contributed by atoms with Crippen LogP contribution in [0.4, 0.5) is 10.1 Å². The number of thiocarbonyl (C=S) groups is 2. The third-order valence-corrected chi connectivity index (χ3v) is 3.93. The lowest BCUT2D eigenvalue weighted by molar-refractivity contribution is 0.624. The minimum atomic E-state index is -0.551. The highest BCUT2D eigenvalue weighted by molar-refractivity contribution is 7.83. The van der Waals surface area contributed by atoms with Gasteiger partial charge in [0, 0.05) is 16.8 Å². The van der Waals surface area contributed by atoms with E-state index < -0.39 is 5.82 Å². The highest BCUT2D eigenvalue weighted by Gasteiger charge is 2.30. The number of fused-ring (bicyclic) bond motifs is 1. The molecule has 1 aliphatic rings. The summed E-state index contributed by atoms with van der Waals surface area (Å²) in [5, 5.41) is 8.92. The molecule has 2 aromatic carbocycles. The maximum Gasteiger partial charge on any atom is 0.141 e. The number of hydrogen-bond acceptors (Lipinski definition) is 3. The van der Waals surface area contributed by atoms with Crippen molar-refractivity contribution in [2.75, 3.05) is 4.90 Å². The largest absolute Gasteiger partial charge is 0.291 e. The Morgan fingerprint density at radius 2 is 1.60 bits per heavy atom. The molecule has 1 aliphatic heterocycles. The summed E-state index contributed by atoms with van der Waals surface area (Å²) in [4.78, 5) is 2.83. The zero-order valence-electron chi connectivity index (χ0n) is 10.1. The molecule has 3 rings (SSSR count). The smallest absolute Gasteiger partial charge is 0.141 e. The van der Waals surface area contributed by atoms with Gasteiger partial charge in [-0.05, 0) is 18.2 Å². The predicted molar refractivity (Wildman–Crippen MR) is 83.4 cm³/mol. The van der Waals surface area contributed by atoms with Crippen LogP contribution in [0.15, 0.2) is 42.5 Å². The molecule has 2 aromatic rings. The van der Waals surface area contributed by atoms with Gasteiger partial charge in [0.25, 0.3) is 0 Å². The number of nitrogens with zero attached hydrogens (tertiary/aromatic N) is 2. The van der Waals surface area contributed by atoms with Gasteiger partial charge in [0.15, 0.2) is 0 Å². The summed E-state index contributed by atoms with van der Waals surface area (Å²) in [5.41, 5.74) is 2.35. The number of halogens is 1. The van der Waals surface area contributed by atoms with Crippen LogP contribution in [0.1, 0.15) is 16.7 Å². The molecule has 20 heavy (non-hydrogen) atoms. The molecule has 1 heterocycles. The predicted octanol–water partition coefficient (Wildman–Crippen LogP) is 3.57. The van der Waals surface area contributed by atoms with Gasteiger partial charge in [-0.1, -0.05) is 48.7 Å². The monoisotopic (exact) mass is 298 g/mol. The van der Waals surface area contributed by atoms with Gasteiger partial charge in [0.1, 0.15) is 21.9 Å². The van der Waals surface area contributed by atoms with E-state index in [9.17, 15) is 4.39 Å². The Kier molecular flexibility index (Phi) is 3.05. The van der Waals surface area contributed by atoms with Crippen LogP contribution >= 0.6 is 24.4 Å². The van der Waals surface area contributed by atoms with Gasteiger partial charge < -0.3 is 0 Å². The van der Waals surface area contributed by atoms with Crippen molar-refractivity contribution in [2.45, 2.75) is 0 Å². The van der Waals surface area contributed by atoms with Crippen LogP contribution in [0, 0.1) is 17.1 Å². The molecule has 2 nitrogen and oxygen atoms in total. The first-order valence-corrected chi connectivity index (χ1v) is 6.62. The van der Waals surface area contributed by atoms with Gasteiger partial charge in [-0.15, -0.1) is 0 Å². The normalized spacial score (nSPS) is 13.3. The second-order valence-corrected chi connectivity index (χ2v) is 5.04. The molecule has 0 aliphatic carbocycles. The van der Waals surface area contributed by atoms with Crippen LogP contribution in [0.25, 0.3) is 0 Å². The maximum absolute atomic E-state index is 13.4. The first-order valence-electron chi connectivity index (χ1n) is 5.81. The fraction of sp³-hybridized carbons (Fsp3) is 0. The van der Waals surface area contributed by atoms with Gasteiger partial charge in [-0.25, -0.2) is 4.39 Å². The van der Waals surface area contributed by atoms with Gasteiger partial charge in [-0.2, -0.15) is 5.26 Å². The molecule has 0 radical (unpaired) electrons. The summed E-state index contributed by atoms with van der Waals surface area (Å²) in [7, 11) is 0. The molecule has 96 valence electrons. The second-order valence-electron chi connectivity index (χ2n) is 4.27. The Morgan fingerprint density at radius 1 is 1.00 bits per heavy atom. The molecule has 0 saturated carbocycles. The molecule has 0 saturated heterocycles. The number of rotatable bonds is 1. The number of anilines is 1. The first kappa shape index (κ1) is 12.9. The van der Waals surface area contributed by atoms with E-state index >= 15 is 0 Å². The average Bonchev–Trinajstić information content (AvgIpc) is 2.72. The Labute approximate surface area is 126 Å². The molecule has 0 atom stereocenters. The SMILES string of the molecule is N#Cc1cc(N2C(=S)c3ccccc3C2=S)ccc1F. The maximum atomic E-state index is 13.4. The molecule has 5 heteroatoms. The highest BCUT2D eigenvalue weighted by Crippen LogP contribution is 2.30. The quantitative estimate of drug-likeness (QED) is 0.752. The van der Waals surface area contributed by atoms with Crippen molar-refractivity contribution in [3.63, 3.8) is 0 Å². The summed E-state index contributed by atoms with van der Waals surface area (Å²) >= 11 is 10.9. The molecule has 0 spiro atoms. The van der Waals surface area contributed by atoms with Crippen LogP contribution < -0.4 is 4.90 Å². The second kappa shape index (κ2) is 4.75. The Morgan fingerprint density at radius 3 is 2.15 bits per heavy atom. The first-order chi connectivity index (χ1) is 9.63. The topological polar surface area (TPSA) is 27.0 Å². The summed E-state index contributed by atoms with van der Waals surface area (Å²) in [6, 6.07) is 13.7. The number of hydrogen-bond donors (Lipinski definition) is 0. The number of benzene rings is 2. The van der Waals surface area contributed by atoms with Crippen molar-refractivity contribution < 1.29 is 4.39 Å². The Hall–Kier alpha value is -2.16. The van der Waals surface area contributed by atoms with E-state index in [0.29, 0.717) is 15.7 Å². The van der Waals surface area contributed by atoms with E-state index in [-0.39, 0.29) is 5.56 Å². The molecule has 0 aromatic heterocycles. The van der Waals surface area contributed by atoms with E-state index in [1.807, 2.05) is 30.3 Å². The third-order valence-electron chi connectivity index (χ3n) is 3.12. The summed E-state index contributed by atoms with van der Waals surface area (Å²) in [5.74, 6) is -0.551. The fourth-order valence-electron chi connectivity index (χ4n) is 2.16. The molecular formula is C15H7FN2S2. The zero-order chi connectivity index (χ0) is 14.3. The molecule has 0 unspecified atom stereocenters. The lowest BCUT2D eigenvalue weighted by atomic mass is 10.1. The minimum absolute atomic E-state index is 0.0240. The van der Waals surface area contributed by atoms with Gasteiger partial charge in [0.05, 0.1) is 5.56 Å². The van der Waals surface area contributed by atoms with E-state index in [2.05, 4.69) is 0 Å². The van der Waals surface area contributed by atoms with Crippen molar-refractivity contribution in [1.29, 1.82) is 5.26 Å². The molecule has 0 amide bonds. The van der Waals surface area contributed by atoms with Gasteiger partial charge >= 0.3 is 0 Å². The van der Waals surface area contributed by atoms with Crippen molar-refractivity contribution >= 4 is 40.1 Å². The molecule has 0 N–H and O–H groups in total. The number of nitriles is 1. The highest BCUT2D eigenvalue weighted by atomic mass is 32.1. The van der Waals surface area contributed by atoms with Crippen LogP contribution in [0.2, 0.25) is 0 Å². The molecular weight excluding hydrogens is 291 g/mol. The lowest BCUT2D eigenvalue weighted by Gasteiger charge is -2.18. The van der Waals surface area contributed by atoms with Gasteiger partial charge in [0.2, 0.25) is 0 Å². The van der Waals surface area contributed by atoms with Crippen molar-refractivity contribution in [3.8, 4) is 6.07 Å². The van der Waals surface area contributed by atoms with Crippen LogP contribution in [-0.2, 0) is 0 Å². The zero-order valence-corrected chi connectivity index (χ0v) is 11.8. The van der Waals surface area contributed by atoms with Crippen molar-refractivity contribution in [2.24, 2.45) is 0 Å². The van der Waals surface area contributed by atoms with Crippen molar-refractivity contribution in [1.82, 2.24) is 0 Å². The Balaban J connectivity index is 2.12. The molecule has 0 fully saturated rings. The van der Waals surface area contributed by atoms with Crippen LogP contribution in [0.5, 0.6) is 0 Å². The lowest BCUT2D eigenvalue weighted by Crippen LogP contribution is -2.28. The molecule has 0 bridgehead atoms. The third kappa shape index (κ3) is 1.82. The van der Waals surface area contributed by atoms with E-state index in [4.69, 9.17) is 29.7 Å². The Bertz CT molecular complexity index is 758. The summed E-state index contributed by atoms with van der Waals surface area (Å²) in [6.07, 6.45) is 0. The van der Waals surface area contributed by atoms with E-state index in [0.717, 1.165) is 11.1 Å². The minimum Gasteiger partial charge on any atom is -0.291 e. The van der Waals surface area contributed by atoms with E-state index in [1.165, 1.54) is 12.1 Å². The van der Waals surface area contributed by atoms with Crippen molar-refractivity contribution in [3.05, 3.63) is 65.0 Å². The average molecular weight is 298 g/mol. The standard InChI is InChI=1S/C15H7FN2S2/c16-13-6-5-10(7-9(13)8-17)18-14(19)11-3-1-2-4-12(11)15(18)20/h1-7H. The summed E-state index contributed by atoms with van der Waals surface area (Å²) < 4.78 is 13.4. The van der Waals surface area contributed by atoms with E-state index in [1.54, 1.807) is 11.0 Å². The van der Waals surface area contributed by atoms with Gasteiger partial charge in [-0.3, -0.25) is 4.90 Å².